The summed E-state index contributed by atoms with van der Waals surface area (Å²) in [4.78, 5) is 31.3. The normalized spacial score (nSPS) is 17.6. The number of rotatable bonds is 4. The van der Waals surface area contributed by atoms with Crippen LogP contribution in [-0.2, 0) is 11.3 Å². The minimum Gasteiger partial charge on any atom is -0.340 e. The maximum absolute atomic E-state index is 12.9. The molecule has 1 saturated heterocycles. The van der Waals surface area contributed by atoms with E-state index in [9.17, 15) is 9.59 Å². The molecule has 0 N–H and O–H groups in total. The van der Waals surface area contributed by atoms with Crippen LogP contribution in [0.15, 0.2) is 61.2 Å². The van der Waals surface area contributed by atoms with Crippen molar-refractivity contribution in [3.63, 3.8) is 0 Å². The molecule has 28 heavy (non-hydrogen) atoms. The van der Waals surface area contributed by atoms with Crippen molar-refractivity contribution >= 4 is 17.5 Å². The van der Waals surface area contributed by atoms with Crippen LogP contribution >= 0.6 is 0 Å². The highest BCUT2D eigenvalue weighted by Crippen LogP contribution is 2.30. The first kappa shape index (κ1) is 18.4. The van der Waals surface area contributed by atoms with Crippen LogP contribution in [0.5, 0.6) is 0 Å². The Bertz CT molecular complexity index is 859. The van der Waals surface area contributed by atoms with E-state index < -0.39 is 0 Å². The molecule has 0 unspecified atom stereocenters. The lowest BCUT2D eigenvalue weighted by molar-refractivity contribution is -0.131. The maximum Gasteiger partial charge on any atom is 0.259 e. The van der Waals surface area contributed by atoms with Gasteiger partial charge in [-0.1, -0.05) is 55.1 Å². The van der Waals surface area contributed by atoms with Crippen LogP contribution in [0.1, 0.15) is 27.9 Å². The number of benzene rings is 2. The molecule has 4 rings (SSSR count). The Morgan fingerprint density at radius 2 is 1.61 bits per heavy atom. The standard InChI is InChI=1S/C23H25N3O2/c1-18-20-10-5-6-11-21(20)23(28)26(18)17-22(27)25-13-7-12-24(14-15-25)16-19-8-3-2-4-9-19/h2-6,8-11H,1,7,12-17H2. The van der Waals surface area contributed by atoms with Crippen molar-refractivity contribution in [2.75, 3.05) is 32.7 Å². The van der Waals surface area contributed by atoms with E-state index in [2.05, 4.69) is 35.7 Å². The van der Waals surface area contributed by atoms with E-state index in [0.717, 1.165) is 38.2 Å². The number of carbonyl (C=O) groups excluding carboxylic acids is 2. The van der Waals surface area contributed by atoms with Crippen molar-refractivity contribution < 1.29 is 9.59 Å². The highest BCUT2D eigenvalue weighted by Gasteiger charge is 2.33. The monoisotopic (exact) mass is 375 g/mol. The molecule has 144 valence electrons. The molecular formula is C23H25N3O2. The van der Waals surface area contributed by atoms with Crippen molar-refractivity contribution in [2.45, 2.75) is 13.0 Å². The quantitative estimate of drug-likeness (QED) is 0.825. The largest absolute Gasteiger partial charge is 0.340 e. The Hall–Kier alpha value is -2.92. The second-order valence-electron chi connectivity index (χ2n) is 7.38. The van der Waals surface area contributed by atoms with Crippen molar-refractivity contribution in [3.05, 3.63) is 77.9 Å². The fourth-order valence-corrected chi connectivity index (χ4v) is 3.96. The zero-order chi connectivity index (χ0) is 19.5. The molecule has 0 saturated carbocycles. The fraction of sp³-hybridized carbons (Fsp3) is 0.304. The van der Waals surface area contributed by atoms with E-state index in [1.807, 2.05) is 29.2 Å². The number of fused-ring (bicyclic) bond motifs is 1. The van der Waals surface area contributed by atoms with Crippen molar-refractivity contribution in [3.8, 4) is 0 Å². The Kier molecular flexibility index (Phi) is 5.26. The Morgan fingerprint density at radius 1 is 0.893 bits per heavy atom. The van der Waals surface area contributed by atoms with E-state index >= 15 is 0 Å². The SMILES string of the molecule is C=C1c2ccccc2C(=O)N1CC(=O)N1CCCN(Cc2ccccc2)CC1. The van der Waals surface area contributed by atoms with Gasteiger partial charge in [0, 0.05) is 49.5 Å². The van der Waals surface area contributed by atoms with Crippen molar-refractivity contribution in [1.82, 2.24) is 14.7 Å². The third-order valence-electron chi connectivity index (χ3n) is 5.52. The van der Waals surface area contributed by atoms with Crippen molar-refractivity contribution in [2.24, 2.45) is 0 Å². The van der Waals surface area contributed by atoms with Crippen LogP contribution in [-0.4, -0.2) is 59.2 Å². The van der Waals surface area contributed by atoms with Gasteiger partial charge in [0.25, 0.3) is 5.91 Å². The maximum atomic E-state index is 12.9. The number of amides is 2. The third kappa shape index (κ3) is 3.71. The molecule has 0 aromatic heterocycles. The molecule has 5 heteroatoms. The minimum atomic E-state index is -0.130. The molecule has 2 heterocycles. The molecule has 2 amide bonds. The van der Waals surface area contributed by atoms with Gasteiger partial charge in [0.1, 0.15) is 6.54 Å². The van der Waals surface area contributed by atoms with Crippen LogP contribution in [0.4, 0.5) is 0 Å². The van der Waals surface area contributed by atoms with Crippen LogP contribution in [0.3, 0.4) is 0 Å². The van der Waals surface area contributed by atoms with Crippen molar-refractivity contribution in [1.29, 1.82) is 0 Å². The lowest BCUT2D eigenvalue weighted by Crippen LogP contribution is -2.41. The molecule has 2 aliphatic rings. The number of hydrogen-bond acceptors (Lipinski definition) is 3. The molecule has 0 aliphatic carbocycles. The fourth-order valence-electron chi connectivity index (χ4n) is 3.96. The van der Waals surface area contributed by atoms with Gasteiger partial charge in [0.2, 0.25) is 5.91 Å². The average molecular weight is 375 g/mol. The summed E-state index contributed by atoms with van der Waals surface area (Å²) in [6.07, 6.45) is 0.938. The van der Waals surface area contributed by atoms with E-state index in [-0.39, 0.29) is 18.4 Å². The van der Waals surface area contributed by atoms with E-state index in [4.69, 9.17) is 0 Å². The lowest BCUT2D eigenvalue weighted by Gasteiger charge is -2.25. The topological polar surface area (TPSA) is 43.9 Å². The molecule has 0 radical (unpaired) electrons. The summed E-state index contributed by atoms with van der Waals surface area (Å²) in [5.74, 6) is -0.140. The van der Waals surface area contributed by atoms with Gasteiger partial charge in [0.15, 0.2) is 0 Å². The molecule has 0 bridgehead atoms. The van der Waals surface area contributed by atoms with Gasteiger partial charge in [-0.25, -0.2) is 0 Å². The second-order valence-corrected chi connectivity index (χ2v) is 7.38. The summed E-state index contributed by atoms with van der Waals surface area (Å²) in [7, 11) is 0. The smallest absolute Gasteiger partial charge is 0.259 e. The highest BCUT2D eigenvalue weighted by atomic mass is 16.2. The molecule has 2 aliphatic heterocycles. The van der Waals surface area contributed by atoms with Gasteiger partial charge >= 0.3 is 0 Å². The van der Waals surface area contributed by atoms with Crippen LogP contribution < -0.4 is 0 Å². The summed E-state index contributed by atoms with van der Waals surface area (Å²) >= 11 is 0. The lowest BCUT2D eigenvalue weighted by atomic mass is 10.1. The first-order valence-corrected chi connectivity index (χ1v) is 9.78. The highest BCUT2D eigenvalue weighted by molar-refractivity contribution is 6.10. The summed E-state index contributed by atoms with van der Waals surface area (Å²) in [6.45, 7) is 8.22. The molecule has 0 spiro atoms. The predicted molar refractivity (Wildman–Crippen MR) is 109 cm³/mol. The zero-order valence-electron chi connectivity index (χ0n) is 16.0. The predicted octanol–water partition coefficient (Wildman–Crippen LogP) is 2.85. The zero-order valence-corrected chi connectivity index (χ0v) is 16.0. The van der Waals surface area contributed by atoms with Gasteiger partial charge in [-0.15, -0.1) is 0 Å². The van der Waals surface area contributed by atoms with E-state index in [1.165, 1.54) is 10.5 Å². The third-order valence-corrected chi connectivity index (χ3v) is 5.52. The number of carbonyl (C=O) groups is 2. The molecule has 5 nitrogen and oxygen atoms in total. The molecule has 2 aromatic rings. The average Bonchev–Trinajstić information content (AvgIpc) is 2.88. The summed E-state index contributed by atoms with van der Waals surface area (Å²) < 4.78 is 0. The molecule has 0 atom stereocenters. The van der Waals surface area contributed by atoms with Gasteiger partial charge in [-0.3, -0.25) is 19.4 Å². The Labute approximate surface area is 165 Å². The Morgan fingerprint density at radius 3 is 2.36 bits per heavy atom. The molecular weight excluding hydrogens is 350 g/mol. The van der Waals surface area contributed by atoms with Gasteiger partial charge in [0.05, 0.1) is 0 Å². The van der Waals surface area contributed by atoms with Gasteiger partial charge in [-0.2, -0.15) is 0 Å². The first-order chi connectivity index (χ1) is 13.6. The minimum absolute atomic E-state index is 0.0103. The van der Waals surface area contributed by atoms with Crippen LogP contribution in [0.25, 0.3) is 5.70 Å². The summed E-state index contributed by atoms with van der Waals surface area (Å²) in [5, 5.41) is 0. The van der Waals surface area contributed by atoms with E-state index in [0.29, 0.717) is 17.8 Å². The summed E-state index contributed by atoms with van der Waals surface area (Å²) in [5.41, 5.74) is 3.36. The van der Waals surface area contributed by atoms with E-state index in [1.54, 1.807) is 6.07 Å². The second kappa shape index (κ2) is 7.98. The Balaban J connectivity index is 1.36. The summed E-state index contributed by atoms with van der Waals surface area (Å²) in [6, 6.07) is 17.8. The molecule has 1 fully saturated rings. The first-order valence-electron chi connectivity index (χ1n) is 9.78. The number of hydrogen-bond donors (Lipinski definition) is 0. The molecule has 2 aromatic carbocycles. The van der Waals surface area contributed by atoms with Gasteiger partial charge in [-0.05, 0) is 18.1 Å². The number of nitrogens with zero attached hydrogens (tertiary/aromatic N) is 3. The van der Waals surface area contributed by atoms with Crippen LogP contribution in [0.2, 0.25) is 0 Å². The van der Waals surface area contributed by atoms with Gasteiger partial charge < -0.3 is 4.90 Å². The van der Waals surface area contributed by atoms with Crippen LogP contribution in [0, 0.1) is 0 Å².